The Hall–Kier alpha value is -1.89. The second-order valence-electron chi connectivity index (χ2n) is 5.00. The largest absolute Gasteiger partial charge is 0.479 e. The number of carboxylic acids is 1. The quantitative estimate of drug-likeness (QED) is 0.601. The molecular weight excluding hydrogens is 260 g/mol. The molecule has 1 heterocycles. The molecule has 0 bridgehead atoms. The number of hydrogen-bond acceptors (Lipinski definition) is 4. The molecular formula is C13H22N4O3. The van der Waals surface area contributed by atoms with Crippen LogP contribution < -0.4 is 10.6 Å². The van der Waals surface area contributed by atoms with E-state index in [1.54, 1.807) is 13.2 Å². The third kappa shape index (κ3) is 5.40. The summed E-state index contributed by atoms with van der Waals surface area (Å²) in [7, 11) is 1.70. The van der Waals surface area contributed by atoms with Crippen LogP contribution in [0.3, 0.4) is 0 Å². The molecule has 1 aromatic heterocycles. The van der Waals surface area contributed by atoms with Crippen molar-refractivity contribution in [2.75, 3.05) is 6.54 Å². The standard InChI is InChI=1S/C13H22N4O3/c1-9(2)14-6-4-5-11(18)16-12(13(19)20)10-7-15-17(3)8-10/h7-9,12,14H,4-6H2,1-3H3,(H,16,18)(H,19,20). The Balaban J connectivity index is 2.46. The van der Waals surface area contributed by atoms with Crippen molar-refractivity contribution in [1.82, 2.24) is 20.4 Å². The summed E-state index contributed by atoms with van der Waals surface area (Å²) in [4.78, 5) is 23.0. The first-order valence-corrected chi connectivity index (χ1v) is 6.64. The van der Waals surface area contributed by atoms with Crippen LogP contribution in [0.15, 0.2) is 12.4 Å². The summed E-state index contributed by atoms with van der Waals surface area (Å²) in [5, 5.41) is 18.8. The number of carbonyl (C=O) groups excluding carboxylic acids is 1. The molecule has 112 valence electrons. The van der Waals surface area contributed by atoms with Crippen molar-refractivity contribution in [1.29, 1.82) is 0 Å². The molecule has 0 aromatic carbocycles. The molecule has 0 saturated heterocycles. The van der Waals surface area contributed by atoms with Crippen LogP contribution in [0.2, 0.25) is 0 Å². The fraction of sp³-hybridized carbons (Fsp3) is 0.615. The number of hydrogen-bond donors (Lipinski definition) is 3. The Morgan fingerprint density at radius 2 is 2.15 bits per heavy atom. The highest BCUT2D eigenvalue weighted by Crippen LogP contribution is 2.12. The van der Waals surface area contributed by atoms with Gasteiger partial charge in [-0.2, -0.15) is 5.10 Å². The summed E-state index contributed by atoms with van der Waals surface area (Å²) >= 11 is 0. The first-order chi connectivity index (χ1) is 9.40. The Morgan fingerprint density at radius 1 is 1.45 bits per heavy atom. The van der Waals surface area contributed by atoms with Gasteiger partial charge in [0.2, 0.25) is 5.91 Å². The Kier molecular flexibility index (Phi) is 6.17. The number of amides is 1. The summed E-state index contributed by atoms with van der Waals surface area (Å²) in [5.74, 6) is -1.36. The van der Waals surface area contributed by atoms with E-state index in [1.165, 1.54) is 10.9 Å². The van der Waals surface area contributed by atoms with E-state index in [9.17, 15) is 9.59 Å². The number of aryl methyl sites for hydroxylation is 1. The second-order valence-corrected chi connectivity index (χ2v) is 5.00. The van der Waals surface area contributed by atoms with Crippen molar-refractivity contribution in [3.63, 3.8) is 0 Å². The molecule has 1 aromatic rings. The maximum absolute atomic E-state index is 11.8. The average molecular weight is 282 g/mol. The van der Waals surface area contributed by atoms with Gasteiger partial charge >= 0.3 is 5.97 Å². The van der Waals surface area contributed by atoms with Crippen LogP contribution in [0, 0.1) is 0 Å². The molecule has 0 aliphatic rings. The molecule has 7 nitrogen and oxygen atoms in total. The van der Waals surface area contributed by atoms with E-state index in [1.807, 2.05) is 13.8 Å². The van der Waals surface area contributed by atoms with E-state index in [0.29, 0.717) is 24.4 Å². The van der Waals surface area contributed by atoms with Crippen LogP contribution >= 0.6 is 0 Å². The number of aromatic nitrogens is 2. The predicted molar refractivity (Wildman–Crippen MR) is 74.1 cm³/mol. The minimum absolute atomic E-state index is 0.271. The molecule has 1 unspecified atom stereocenters. The fourth-order valence-corrected chi connectivity index (χ4v) is 1.75. The van der Waals surface area contributed by atoms with E-state index in [2.05, 4.69) is 15.7 Å². The van der Waals surface area contributed by atoms with Crippen LogP contribution in [0.5, 0.6) is 0 Å². The topological polar surface area (TPSA) is 96.2 Å². The van der Waals surface area contributed by atoms with E-state index in [4.69, 9.17) is 5.11 Å². The summed E-state index contributed by atoms with van der Waals surface area (Å²) in [6.45, 7) is 4.79. The van der Waals surface area contributed by atoms with Crippen molar-refractivity contribution in [3.8, 4) is 0 Å². The molecule has 0 aliphatic carbocycles. The van der Waals surface area contributed by atoms with Gasteiger partial charge in [0, 0.05) is 31.3 Å². The van der Waals surface area contributed by atoms with Crippen molar-refractivity contribution in [3.05, 3.63) is 18.0 Å². The van der Waals surface area contributed by atoms with Gasteiger partial charge < -0.3 is 15.7 Å². The van der Waals surface area contributed by atoms with Gasteiger partial charge in [-0.15, -0.1) is 0 Å². The molecule has 7 heteroatoms. The van der Waals surface area contributed by atoms with Crippen LogP contribution in [0.1, 0.15) is 38.3 Å². The normalized spacial score (nSPS) is 12.4. The molecule has 0 saturated carbocycles. The van der Waals surface area contributed by atoms with Gasteiger partial charge in [0.1, 0.15) is 0 Å². The minimum atomic E-state index is -1.09. The smallest absolute Gasteiger partial charge is 0.331 e. The van der Waals surface area contributed by atoms with Gasteiger partial charge in [-0.1, -0.05) is 13.8 Å². The molecule has 1 rings (SSSR count). The van der Waals surface area contributed by atoms with Crippen LogP contribution in [-0.2, 0) is 16.6 Å². The third-order valence-electron chi connectivity index (χ3n) is 2.74. The van der Waals surface area contributed by atoms with E-state index < -0.39 is 12.0 Å². The monoisotopic (exact) mass is 282 g/mol. The minimum Gasteiger partial charge on any atom is -0.479 e. The van der Waals surface area contributed by atoms with Crippen LogP contribution in [-0.4, -0.2) is 39.4 Å². The van der Waals surface area contributed by atoms with Gasteiger partial charge in [-0.3, -0.25) is 9.48 Å². The first kappa shape index (κ1) is 16.2. The lowest BCUT2D eigenvalue weighted by Gasteiger charge is -2.13. The molecule has 0 radical (unpaired) electrons. The van der Waals surface area contributed by atoms with Crippen LogP contribution in [0.25, 0.3) is 0 Å². The van der Waals surface area contributed by atoms with Crippen molar-refractivity contribution in [2.24, 2.45) is 7.05 Å². The zero-order chi connectivity index (χ0) is 15.1. The third-order valence-corrected chi connectivity index (χ3v) is 2.74. The Morgan fingerprint density at radius 3 is 2.65 bits per heavy atom. The molecule has 1 amide bonds. The lowest BCUT2D eigenvalue weighted by atomic mass is 10.1. The molecule has 3 N–H and O–H groups in total. The Bertz CT molecular complexity index is 456. The number of aliphatic carboxylic acids is 1. The van der Waals surface area contributed by atoms with Gasteiger partial charge in [-0.25, -0.2) is 4.79 Å². The summed E-state index contributed by atoms with van der Waals surface area (Å²) in [6.07, 6.45) is 3.99. The highest BCUT2D eigenvalue weighted by molar-refractivity contribution is 5.84. The van der Waals surface area contributed by atoms with Crippen LogP contribution in [0.4, 0.5) is 0 Å². The number of nitrogens with one attached hydrogen (secondary N) is 2. The summed E-state index contributed by atoms with van der Waals surface area (Å²) < 4.78 is 1.50. The lowest BCUT2D eigenvalue weighted by Crippen LogP contribution is -2.34. The van der Waals surface area contributed by atoms with Crippen molar-refractivity contribution >= 4 is 11.9 Å². The van der Waals surface area contributed by atoms with E-state index in [0.717, 1.165) is 6.54 Å². The predicted octanol–water partition coefficient (Wildman–Crippen LogP) is 0.440. The van der Waals surface area contributed by atoms with Crippen molar-refractivity contribution in [2.45, 2.75) is 38.8 Å². The Labute approximate surface area is 118 Å². The van der Waals surface area contributed by atoms with E-state index >= 15 is 0 Å². The zero-order valence-electron chi connectivity index (χ0n) is 12.1. The first-order valence-electron chi connectivity index (χ1n) is 6.64. The van der Waals surface area contributed by atoms with Gasteiger partial charge in [0.15, 0.2) is 6.04 Å². The molecule has 1 atom stereocenters. The second kappa shape index (κ2) is 7.64. The average Bonchev–Trinajstić information content (AvgIpc) is 2.77. The lowest BCUT2D eigenvalue weighted by molar-refractivity contribution is -0.142. The SMILES string of the molecule is CC(C)NCCCC(=O)NC(C(=O)O)c1cnn(C)c1. The highest BCUT2D eigenvalue weighted by atomic mass is 16.4. The highest BCUT2D eigenvalue weighted by Gasteiger charge is 2.23. The number of rotatable bonds is 8. The molecule has 20 heavy (non-hydrogen) atoms. The summed E-state index contributed by atoms with van der Waals surface area (Å²) in [6, 6.07) is -0.672. The van der Waals surface area contributed by atoms with Gasteiger partial charge in [0.05, 0.1) is 6.20 Å². The summed E-state index contributed by atoms with van der Waals surface area (Å²) in [5.41, 5.74) is 0.466. The molecule has 0 spiro atoms. The maximum Gasteiger partial charge on any atom is 0.331 e. The molecule has 0 fully saturated rings. The van der Waals surface area contributed by atoms with Gasteiger partial charge in [0.25, 0.3) is 0 Å². The fourth-order valence-electron chi connectivity index (χ4n) is 1.75. The molecule has 0 aliphatic heterocycles. The number of carbonyl (C=O) groups is 2. The van der Waals surface area contributed by atoms with Crippen molar-refractivity contribution < 1.29 is 14.7 Å². The maximum atomic E-state index is 11.8. The van der Waals surface area contributed by atoms with Gasteiger partial charge in [-0.05, 0) is 13.0 Å². The van der Waals surface area contributed by atoms with E-state index in [-0.39, 0.29) is 5.91 Å². The zero-order valence-corrected chi connectivity index (χ0v) is 12.1. The number of nitrogens with zero attached hydrogens (tertiary/aromatic N) is 2. The number of carboxylic acid groups (broad SMARTS) is 1.